The fraction of sp³-hybridized carbons (Fsp3) is 0.300. The number of ether oxygens (including phenoxy) is 1. The monoisotopic (exact) mass is 469 g/mol. The zero-order chi connectivity index (χ0) is 17.3. The SMILES string of the molecule is Nc1c(Br)cc(Br)cc1C(=O)OC(CS(=O)(=O)O)C(F)(F)F. The van der Waals surface area contributed by atoms with Gasteiger partial charge in [0, 0.05) is 8.95 Å². The maximum absolute atomic E-state index is 12.7. The van der Waals surface area contributed by atoms with Crippen LogP contribution < -0.4 is 5.73 Å². The van der Waals surface area contributed by atoms with Crippen LogP contribution in [0, 0.1) is 0 Å². The molecule has 0 aliphatic carbocycles. The molecule has 1 atom stereocenters. The molecule has 0 aromatic heterocycles. The molecule has 1 unspecified atom stereocenters. The zero-order valence-corrected chi connectivity index (χ0v) is 14.4. The highest BCUT2D eigenvalue weighted by Crippen LogP contribution is 2.30. The molecule has 0 amide bonds. The van der Waals surface area contributed by atoms with Gasteiger partial charge >= 0.3 is 12.1 Å². The molecule has 0 aliphatic heterocycles. The summed E-state index contributed by atoms with van der Waals surface area (Å²) >= 11 is 6.02. The molecule has 0 bridgehead atoms. The predicted octanol–water partition coefficient (Wildman–Crippen LogP) is 2.77. The summed E-state index contributed by atoms with van der Waals surface area (Å²) in [6.45, 7) is 0. The van der Waals surface area contributed by atoms with E-state index in [1.165, 1.54) is 6.07 Å². The molecule has 12 heteroatoms. The van der Waals surface area contributed by atoms with E-state index in [-0.39, 0.29) is 10.2 Å². The molecule has 22 heavy (non-hydrogen) atoms. The van der Waals surface area contributed by atoms with Crippen LogP contribution in [0.1, 0.15) is 10.4 Å². The van der Waals surface area contributed by atoms with Gasteiger partial charge in [0.05, 0.1) is 11.3 Å². The van der Waals surface area contributed by atoms with Crippen LogP contribution in [-0.2, 0) is 14.9 Å². The Morgan fingerprint density at radius 1 is 1.36 bits per heavy atom. The van der Waals surface area contributed by atoms with Gasteiger partial charge < -0.3 is 10.5 Å². The molecule has 1 rings (SSSR count). The second-order valence-corrected chi connectivity index (χ2v) is 7.30. The molecular formula is C10H8Br2F3NO5S. The van der Waals surface area contributed by atoms with Gasteiger partial charge in [-0.2, -0.15) is 21.6 Å². The van der Waals surface area contributed by atoms with Crippen LogP contribution >= 0.6 is 31.9 Å². The van der Waals surface area contributed by atoms with Crippen LogP contribution in [0.25, 0.3) is 0 Å². The lowest BCUT2D eigenvalue weighted by Crippen LogP contribution is -2.39. The molecule has 0 aliphatic rings. The number of alkyl halides is 3. The van der Waals surface area contributed by atoms with E-state index in [0.29, 0.717) is 4.47 Å². The first-order valence-corrected chi connectivity index (χ1v) is 8.48. The molecule has 1 aromatic carbocycles. The van der Waals surface area contributed by atoms with Crippen molar-refractivity contribution < 1.29 is 35.7 Å². The maximum Gasteiger partial charge on any atom is 0.426 e. The highest BCUT2D eigenvalue weighted by molar-refractivity contribution is 9.11. The van der Waals surface area contributed by atoms with Crippen LogP contribution in [-0.4, -0.2) is 37.0 Å². The summed E-state index contributed by atoms with van der Waals surface area (Å²) in [6.07, 6.45) is -8.20. The highest BCUT2D eigenvalue weighted by Gasteiger charge is 2.45. The molecule has 0 spiro atoms. The predicted molar refractivity (Wildman–Crippen MR) is 77.9 cm³/mol. The Balaban J connectivity index is 3.12. The Labute approximate surface area is 139 Å². The fourth-order valence-electron chi connectivity index (χ4n) is 1.33. The lowest BCUT2D eigenvalue weighted by molar-refractivity contribution is -0.197. The van der Waals surface area contributed by atoms with Crippen molar-refractivity contribution in [2.45, 2.75) is 12.3 Å². The average Bonchev–Trinajstić information content (AvgIpc) is 2.29. The molecule has 0 radical (unpaired) electrons. The van der Waals surface area contributed by atoms with E-state index in [0.717, 1.165) is 6.07 Å². The first-order valence-electron chi connectivity index (χ1n) is 5.28. The van der Waals surface area contributed by atoms with Crippen molar-refractivity contribution in [3.05, 3.63) is 26.6 Å². The van der Waals surface area contributed by atoms with Crippen LogP contribution in [0.15, 0.2) is 21.1 Å². The Morgan fingerprint density at radius 3 is 2.36 bits per heavy atom. The smallest absolute Gasteiger partial charge is 0.426 e. The second-order valence-electron chi connectivity index (χ2n) is 4.03. The Bertz CT molecular complexity index is 693. The third-order valence-corrected chi connectivity index (χ3v) is 4.13. The van der Waals surface area contributed by atoms with Crippen LogP contribution in [0.4, 0.5) is 18.9 Å². The van der Waals surface area contributed by atoms with E-state index in [4.69, 9.17) is 10.3 Å². The molecule has 0 saturated carbocycles. The summed E-state index contributed by atoms with van der Waals surface area (Å²) < 4.78 is 72.5. The summed E-state index contributed by atoms with van der Waals surface area (Å²) in [5, 5.41) is 0. The summed E-state index contributed by atoms with van der Waals surface area (Å²) in [5.41, 5.74) is 4.97. The number of esters is 1. The first kappa shape index (κ1) is 19.2. The minimum absolute atomic E-state index is 0.180. The van der Waals surface area contributed by atoms with Gasteiger partial charge in [0.25, 0.3) is 10.1 Å². The van der Waals surface area contributed by atoms with Crippen LogP contribution in [0.3, 0.4) is 0 Å². The summed E-state index contributed by atoms with van der Waals surface area (Å²) in [4.78, 5) is 11.8. The fourth-order valence-corrected chi connectivity index (χ4v) is 3.20. The Kier molecular flexibility index (Phi) is 5.87. The maximum atomic E-state index is 12.7. The number of benzene rings is 1. The number of carbonyl (C=O) groups excluding carboxylic acids is 1. The topological polar surface area (TPSA) is 107 Å². The highest BCUT2D eigenvalue weighted by atomic mass is 79.9. The van der Waals surface area contributed by atoms with Gasteiger partial charge in [-0.3, -0.25) is 4.55 Å². The summed E-state index contributed by atoms with van der Waals surface area (Å²) in [5.74, 6) is -3.29. The number of nitrogen functional groups attached to an aromatic ring is 1. The van der Waals surface area contributed by atoms with Crippen molar-refractivity contribution in [3.8, 4) is 0 Å². The first-order chi connectivity index (χ1) is 9.81. The average molecular weight is 471 g/mol. The van der Waals surface area contributed by atoms with Crippen molar-refractivity contribution in [1.29, 1.82) is 0 Å². The van der Waals surface area contributed by atoms with Crippen molar-refractivity contribution in [3.63, 3.8) is 0 Å². The summed E-state index contributed by atoms with van der Waals surface area (Å²) in [6, 6.07) is 2.56. The molecule has 1 aromatic rings. The Hall–Kier alpha value is -0.850. The van der Waals surface area contributed by atoms with E-state index in [1.54, 1.807) is 0 Å². The molecule has 124 valence electrons. The van der Waals surface area contributed by atoms with Gasteiger partial charge in [-0.05, 0) is 28.1 Å². The van der Waals surface area contributed by atoms with Gasteiger partial charge in [0.15, 0.2) is 0 Å². The van der Waals surface area contributed by atoms with Crippen molar-refractivity contribution >= 4 is 53.6 Å². The van der Waals surface area contributed by atoms with Gasteiger partial charge in [-0.1, -0.05) is 15.9 Å². The third-order valence-electron chi connectivity index (χ3n) is 2.29. The third kappa shape index (κ3) is 5.41. The lowest BCUT2D eigenvalue weighted by atomic mass is 10.2. The van der Waals surface area contributed by atoms with Crippen LogP contribution in [0.2, 0.25) is 0 Å². The second kappa shape index (κ2) is 6.72. The number of hydrogen-bond acceptors (Lipinski definition) is 5. The van der Waals surface area contributed by atoms with E-state index in [2.05, 4.69) is 36.6 Å². The zero-order valence-electron chi connectivity index (χ0n) is 10.4. The molecule has 3 N–H and O–H groups in total. The number of rotatable bonds is 4. The quantitative estimate of drug-likeness (QED) is 0.398. The summed E-state index contributed by atoms with van der Waals surface area (Å²) in [7, 11) is -5.01. The molecule has 0 saturated heterocycles. The van der Waals surface area contributed by atoms with Crippen molar-refractivity contribution in [2.75, 3.05) is 11.5 Å². The minimum atomic E-state index is -5.18. The van der Waals surface area contributed by atoms with E-state index in [1.807, 2.05) is 0 Å². The van der Waals surface area contributed by atoms with Gasteiger partial charge in [0.1, 0.15) is 5.75 Å². The molecular weight excluding hydrogens is 463 g/mol. The van der Waals surface area contributed by atoms with Gasteiger partial charge in [-0.15, -0.1) is 0 Å². The number of nitrogens with two attached hydrogens (primary N) is 1. The lowest BCUT2D eigenvalue weighted by Gasteiger charge is -2.20. The number of carbonyl (C=O) groups is 1. The molecule has 0 heterocycles. The van der Waals surface area contributed by atoms with Gasteiger partial charge in [-0.25, -0.2) is 4.79 Å². The van der Waals surface area contributed by atoms with E-state index >= 15 is 0 Å². The number of anilines is 1. The Morgan fingerprint density at radius 2 is 1.91 bits per heavy atom. The van der Waals surface area contributed by atoms with Crippen molar-refractivity contribution in [2.24, 2.45) is 0 Å². The van der Waals surface area contributed by atoms with Crippen molar-refractivity contribution in [1.82, 2.24) is 0 Å². The van der Waals surface area contributed by atoms with Gasteiger partial charge in [0.2, 0.25) is 6.10 Å². The minimum Gasteiger partial charge on any atom is -0.448 e. The standard InChI is InChI=1S/C10H8Br2F3NO5S/c11-4-1-5(8(16)6(12)2-4)9(17)21-7(10(13,14)15)3-22(18,19)20/h1-2,7H,3,16H2,(H,18,19,20). The largest absolute Gasteiger partial charge is 0.448 e. The normalized spacial score (nSPS) is 13.7. The number of halogens is 5. The molecule has 6 nitrogen and oxygen atoms in total. The van der Waals surface area contributed by atoms with Crippen LogP contribution in [0.5, 0.6) is 0 Å². The number of hydrogen-bond donors (Lipinski definition) is 2. The van der Waals surface area contributed by atoms with E-state index in [9.17, 15) is 26.4 Å². The molecule has 0 fully saturated rings. The van der Waals surface area contributed by atoms with E-state index < -0.39 is 39.7 Å².